The monoisotopic (exact) mass is 397 g/mol. The van der Waals surface area contributed by atoms with Crippen LogP contribution < -0.4 is 5.32 Å². The Morgan fingerprint density at radius 3 is 2.30 bits per heavy atom. The molecule has 1 saturated carbocycles. The highest BCUT2D eigenvalue weighted by Crippen LogP contribution is 2.34. The highest BCUT2D eigenvalue weighted by atomic mass is 35.5. The summed E-state index contributed by atoms with van der Waals surface area (Å²) in [5.41, 5.74) is 0. The van der Waals surface area contributed by atoms with Crippen molar-refractivity contribution in [3.63, 3.8) is 0 Å². The van der Waals surface area contributed by atoms with E-state index in [1.807, 2.05) is 4.90 Å². The second-order valence-electron chi connectivity index (χ2n) is 9.24. The van der Waals surface area contributed by atoms with Crippen LogP contribution in [0.2, 0.25) is 0 Å². The molecule has 4 unspecified atom stereocenters. The molecule has 154 valence electrons. The molecular formula is C21H36ClN3O2. The molecule has 1 N–H and O–H groups in total. The minimum Gasteiger partial charge on any atom is -0.342 e. The first kappa shape index (κ1) is 20.9. The Kier molecular flexibility index (Phi) is 7.07. The lowest BCUT2D eigenvalue weighted by atomic mass is 9.85. The van der Waals surface area contributed by atoms with E-state index in [1.165, 1.54) is 32.1 Å². The van der Waals surface area contributed by atoms with Crippen LogP contribution in [0.25, 0.3) is 0 Å². The van der Waals surface area contributed by atoms with Crippen molar-refractivity contribution in [2.24, 2.45) is 17.8 Å². The summed E-state index contributed by atoms with van der Waals surface area (Å²) in [5, 5.41) is 3.61. The molecule has 0 aromatic carbocycles. The summed E-state index contributed by atoms with van der Waals surface area (Å²) in [6.45, 7) is 5.61. The lowest BCUT2D eigenvalue weighted by Crippen LogP contribution is -2.50. The number of amides is 2. The maximum Gasteiger partial charge on any atom is 0.239 e. The normalized spacial score (nSPS) is 34.7. The van der Waals surface area contributed by atoms with Crippen molar-refractivity contribution in [1.82, 2.24) is 15.1 Å². The molecule has 4 rings (SSSR count). The summed E-state index contributed by atoms with van der Waals surface area (Å²) in [6.07, 6.45) is 10.2. The number of fused-ring (bicyclic) bond motifs is 1. The lowest BCUT2D eigenvalue weighted by Gasteiger charge is -2.37. The average Bonchev–Trinajstić information content (AvgIpc) is 3.11. The number of carbonyl (C=O) groups excluding carboxylic acids is 2. The lowest BCUT2D eigenvalue weighted by molar-refractivity contribution is -0.142. The molecule has 4 fully saturated rings. The molecule has 2 amide bonds. The molecule has 1 aliphatic carbocycles. The zero-order valence-corrected chi connectivity index (χ0v) is 17.5. The Morgan fingerprint density at radius 2 is 1.59 bits per heavy atom. The van der Waals surface area contributed by atoms with Crippen molar-refractivity contribution in [3.8, 4) is 0 Å². The van der Waals surface area contributed by atoms with Crippen LogP contribution in [0.1, 0.15) is 64.7 Å². The molecule has 27 heavy (non-hydrogen) atoms. The van der Waals surface area contributed by atoms with Crippen molar-refractivity contribution in [2.45, 2.75) is 76.8 Å². The number of halogens is 1. The highest BCUT2D eigenvalue weighted by Gasteiger charge is 2.41. The Balaban J connectivity index is 0.00000210. The van der Waals surface area contributed by atoms with E-state index in [0.717, 1.165) is 51.9 Å². The zero-order chi connectivity index (χ0) is 18.1. The van der Waals surface area contributed by atoms with Gasteiger partial charge in [-0.3, -0.25) is 9.59 Å². The van der Waals surface area contributed by atoms with E-state index in [4.69, 9.17) is 0 Å². The summed E-state index contributed by atoms with van der Waals surface area (Å²) in [6, 6.07) is 0.594. The number of hydrogen-bond donors (Lipinski definition) is 1. The van der Waals surface area contributed by atoms with E-state index in [2.05, 4.69) is 17.1 Å². The van der Waals surface area contributed by atoms with E-state index in [1.54, 1.807) is 0 Å². The van der Waals surface area contributed by atoms with Gasteiger partial charge < -0.3 is 15.1 Å². The van der Waals surface area contributed by atoms with Gasteiger partial charge in [0.25, 0.3) is 0 Å². The van der Waals surface area contributed by atoms with E-state index in [-0.39, 0.29) is 30.3 Å². The summed E-state index contributed by atoms with van der Waals surface area (Å²) in [7, 11) is 0. The van der Waals surface area contributed by atoms with E-state index >= 15 is 0 Å². The van der Waals surface area contributed by atoms with Crippen molar-refractivity contribution in [3.05, 3.63) is 0 Å². The van der Waals surface area contributed by atoms with E-state index < -0.39 is 0 Å². The van der Waals surface area contributed by atoms with Crippen LogP contribution >= 0.6 is 12.4 Å². The first-order valence-corrected chi connectivity index (χ1v) is 11.0. The van der Waals surface area contributed by atoms with Crippen LogP contribution in [0.15, 0.2) is 0 Å². The van der Waals surface area contributed by atoms with Crippen LogP contribution in [0, 0.1) is 17.8 Å². The van der Waals surface area contributed by atoms with Gasteiger partial charge in [-0.25, -0.2) is 0 Å². The van der Waals surface area contributed by atoms with Crippen molar-refractivity contribution < 1.29 is 9.59 Å². The van der Waals surface area contributed by atoms with Crippen molar-refractivity contribution in [1.29, 1.82) is 0 Å². The fraction of sp³-hybridized carbons (Fsp3) is 0.905. The van der Waals surface area contributed by atoms with Crippen LogP contribution in [-0.2, 0) is 9.59 Å². The number of nitrogens with one attached hydrogen (secondary N) is 1. The molecule has 3 aliphatic heterocycles. The molecule has 0 bridgehead atoms. The zero-order valence-electron chi connectivity index (χ0n) is 16.7. The fourth-order valence-electron chi connectivity index (χ4n) is 5.73. The smallest absolute Gasteiger partial charge is 0.239 e. The SMILES string of the molecule is CC1CCCN(C(=O)C2CCN(C(=O)C3CC4CCCCC4N3)CC2)C1.Cl. The number of carbonyl (C=O) groups is 2. The van der Waals surface area contributed by atoms with Gasteiger partial charge >= 0.3 is 0 Å². The Hall–Kier alpha value is -0.810. The number of hydrogen-bond acceptors (Lipinski definition) is 3. The molecule has 5 nitrogen and oxygen atoms in total. The molecule has 3 heterocycles. The number of piperidine rings is 2. The van der Waals surface area contributed by atoms with Gasteiger partial charge in [-0.15, -0.1) is 12.4 Å². The predicted molar refractivity (Wildman–Crippen MR) is 109 cm³/mol. The minimum absolute atomic E-state index is 0. The maximum atomic E-state index is 12.9. The Bertz CT molecular complexity index is 522. The quantitative estimate of drug-likeness (QED) is 0.779. The van der Waals surface area contributed by atoms with Gasteiger partial charge in [0.05, 0.1) is 6.04 Å². The molecule has 0 radical (unpaired) electrons. The Morgan fingerprint density at radius 1 is 0.852 bits per heavy atom. The third-order valence-electron chi connectivity index (χ3n) is 7.29. The van der Waals surface area contributed by atoms with Crippen molar-refractivity contribution in [2.75, 3.05) is 26.2 Å². The third-order valence-corrected chi connectivity index (χ3v) is 7.29. The minimum atomic E-state index is 0. The maximum absolute atomic E-state index is 12.9. The van der Waals surface area contributed by atoms with Gasteiger partial charge in [-0.1, -0.05) is 19.8 Å². The summed E-state index contributed by atoms with van der Waals surface area (Å²) in [4.78, 5) is 29.9. The first-order chi connectivity index (χ1) is 12.6. The second-order valence-corrected chi connectivity index (χ2v) is 9.24. The van der Waals surface area contributed by atoms with Crippen LogP contribution in [0.4, 0.5) is 0 Å². The molecular weight excluding hydrogens is 362 g/mol. The van der Waals surface area contributed by atoms with Gasteiger partial charge in [0, 0.05) is 38.1 Å². The summed E-state index contributed by atoms with van der Waals surface area (Å²) < 4.78 is 0. The molecule has 3 saturated heterocycles. The summed E-state index contributed by atoms with van der Waals surface area (Å²) in [5.74, 6) is 2.10. The first-order valence-electron chi connectivity index (χ1n) is 11.0. The third kappa shape index (κ3) is 4.61. The number of likely N-dealkylation sites (tertiary alicyclic amines) is 2. The summed E-state index contributed by atoms with van der Waals surface area (Å²) >= 11 is 0. The molecule has 0 spiro atoms. The van der Waals surface area contributed by atoms with Gasteiger partial charge in [-0.05, 0) is 56.8 Å². The van der Waals surface area contributed by atoms with Gasteiger partial charge in [0.2, 0.25) is 11.8 Å². The largest absolute Gasteiger partial charge is 0.342 e. The van der Waals surface area contributed by atoms with Gasteiger partial charge in [-0.2, -0.15) is 0 Å². The predicted octanol–water partition coefficient (Wildman–Crippen LogP) is 2.83. The highest BCUT2D eigenvalue weighted by molar-refractivity contribution is 5.85. The second kappa shape index (κ2) is 9.13. The standard InChI is InChI=1S/C21H35N3O2.ClH/c1-15-5-4-10-24(14-15)20(25)16-8-11-23(12-9-16)21(26)19-13-17-6-2-3-7-18(17)22-19;/h15-19,22H,2-14H2,1H3;1H. The molecule has 4 atom stereocenters. The van der Waals surface area contributed by atoms with Crippen LogP contribution in [-0.4, -0.2) is 59.9 Å². The molecule has 4 aliphatic rings. The van der Waals surface area contributed by atoms with Gasteiger partial charge in [0.15, 0.2) is 0 Å². The van der Waals surface area contributed by atoms with Gasteiger partial charge in [0.1, 0.15) is 0 Å². The number of nitrogens with zero attached hydrogens (tertiary/aromatic N) is 2. The van der Waals surface area contributed by atoms with E-state index in [0.29, 0.717) is 23.8 Å². The topological polar surface area (TPSA) is 52.7 Å². The van der Waals surface area contributed by atoms with Crippen LogP contribution in [0.3, 0.4) is 0 Å². The fourth-order valence-corrected chi connectivity index (χ4v) is 5.73. The molecule has 6 heteroatoms. The molecule has 0 aromatic rings. The average molecular weight is 398 g/mol. The van der Waals surface area contributed by atoms with Crippen molar-refractivity contribution >= 4 is 24.2 Å². The van der Waals surface area contributed by atoms with E-state index in [9.17, 15) is 9.59 Å². The Labute approximate surface area is 170 Å². The number of rotatable bonds is 2. The van der Waals surface area contributed by atoms with Crippen LogP contribution in [0.5, 0.6) is 0 Å². The molecule has 0 aromatic heterocycles.